The number of esters is 4. The number of nitrogens with one attached hydrogen (secondary N) is 2. The molecule has 0 aliphatic rings. The Balaban J connectivity index is 2.28. The summed E-state index contributed by atoms with van der Waals surface area (Å²) in [4.78, 5) is 79.7. The van der Waals surface area contributed by atoms with Gasteiger partial charge in [-0.05, 0) is 120 Å². The van der Waals surface area contributed by atoms with Crippen LogP contribution >= 0.6 is 21.6 Å². The molecule has 0 unspecified atom stereocenters. The van der Waals surface area contributed by atoms with Gasteiger partial charge in [0, 0.05) is 22.6 Å². The molecule has 0 aliphatic carbocycles. The van der Waals surface area contributed by atoms with E-state index in [1.165, 1.54) is 21.6 Å². The molecule has 0 fully saturated rings. The maximum absolute atomic E-state index is 13.7. The largest absolute Gasteiger partial charge is 0.460 e. The Bertz CT molecular complexity index is 1530. The summed E-state index contributed by atoms with van der Waals surface area (Å²) in [6.45, 7) is 20.7. The molecular weight excluding hydrogens is 733 g/mol. The molecule has 0 aliphatic heterocycles. The lowest BCUT2D eigenvalue weighted by Crippen LogP contribution is -2.44. The lowest BCUT2D eigenvalue weighted by Gasteiger charge is -2.25. The maximum Gasteiger partial charge on any atom is 0.329 e. The van der Waals surface area contributed by atoms with Crippen molar-refractivity contribution in [2.75, 3.05) is 0 Å². The summed E-state index contributed by atoms with van der Waals surface area (Å²) >= 11 is 0. The van der Waals surface area contributed by atoms with E-state index in [-0.39, 0.29) is 36.8 Å². The van der Waals surface area contributed by atoms with Crippen LogP contribution in [0.5, 0.6) is 0 Å². The molecule has 54 heavy (non-hydrogen) atoms. The SMILES string of the molecule is CC(C)(C)OC(=O)CC[C@H](NC(=O)c1ccccc1SSc1ccccc1C(=O)N[C@H](CCC(=O)OC(C)(C)C)C(=O)OC(C)(C)C)C(=O)OC(C)(C)C. The van der Waals surface area contributed by atoms with Crippen LogP contribution in [0, 0.1) is 0 Å². The topological polar surface area (TPSA) is 163 Å². The highest BCUT2D eigenvalue weighted by atomic mass is 33.1. The van der Waals surface area contributed by atoms with Gasteiger partial charge in [0.25, 0.3) is 11.8 Å². The van der Waals surface area contributed by atoms with Gasteiger partial charge in [-0.3, -0.25) is 19.2 Å². The van der Waals surface area contributed by atoms with Gasteiger partial charge < -0.3 is 29.6 Å². The van der Waals surface area contributed by atoms with Gasteiger partial charge in [-0.2, -0.15) is 0 Å². The number of rotatable bonds is 15. The first kappa shape index (κ1) is 46.1. The third-order valence-corrected chi connectivity index (χ3v) is 9.07. The molecule has 0 saturated heterocycles. The molecule has 2 N–H and O–H groups in total. The zero-order valence-electron chi connectivity index (χ0n) is 33.5. The molecule has 2 aromatic rings. The van der Waals surface area contributed by atoms with Crippen molar-refractivity contribution in [2.24, 2.45) is 0 Å². The minimum Gasteiger partial charge on any atom is -0.460 e. The van der Waals surface area contributed by atoms with Gasteiger partial charge in [-0.1, -0.05) is 45.9 Å². The van der Waals surface area contributed by atoms with Crippen molar-refractivity contribution >= 4 is 57.3 Å². The average Bonchev–Trinajstić information content (AvgIpc) is 3.00. The van der Waals surface area contributed by atoms with Gasteiger partial charge in [0.2, 0.25) is 0 Å². The third-order valence-electron chi connectivity index (χ3n) is 6.59. The van der Waals surface area contributed by atoms with Crippen LogP contribution in [0.2, 0.25) is 0 Å². The van der Waals surface area contributed by atoms with Crippen molar-refractivity contribution in [3.05, 3.63) is 59.7 Å². The smallest absolute Gasteiger partial charge is 0.329 e. The molecule has 298 valence electrons. The summed E-state index contributed by atoms with van der Waals surface area (Å²) in [6.07, 6.45) is -0.320. The number of ether oxygens (including phenoxy) is 4. The summed E-state index contributed by atoms with van der Waals surface area (Å²) in [5.74, 6) is -3.52. The second-order valence-corrected chi connectivity index (χ2v) is 18.7. The van der Waals surface area contributed by atoms with E-state index in [0.29, 0.717) is 9.79 Å². The first-order chi connectivity index (χ1) is 24.7. The van der Waals surface area contributed by atoms with Crippen LogP contribution in [-0.2, 0) is 38.1 Å². The Morgan fingerprint density at radius 3 is 1.09 bits per heavy atom. The first-order valence-electron chi connectivity index (χ1n) is 17.8. The van der Waals surface area contributed by atoms with E-state index in [2.05, 4.69) is 10.6 Å². The van der Waals surface area contributed by atoms with E-state index in [0.717, 1.165) is 0 Å². The van der Waals surface area contributed by atoms with E-state index < -0.39 is 70.2 Å². The molecule has 2 atom stereocenters. The number of carbonyl (C=O) groups excluding carboxylic acids is 6. The van der Waals surface area contributed by atoms with Crippen LogP contribution in [0.3, 0.4) is 0 Å². The highest BCUT2D eigenvalue weighted by Crippen LogP contribution is 2.40. The minimum atomic E-state index is -1.13. The Hall–Kier alpha value is -4.04. The second-order valence-electron chi connectivity index (χ2n) is 16.5. The zero-order chi connectivity index (χ0) is 41.1. The van der Waals surface area contributed by atoms with Crippen LogP contribution < -0.4 is 10.6 Å². The molecule has 0 heterocycles. The number of hydrogen-bond donors (Lipinski definition) is 2. The fourth-order valence-corrected chi connectivity index (χ4v) is 6.93. The molecular formula is C40H56N2O10S2. The first-order valence-corrected chi connectivity index (χ1v) is 19.9. The van der Waals surface area contributed by atoms with E-state index >= 15 is 0 Å². The zero-order valence-corrected chi connectivity index (χ0v) is 35.1. The highest BCUT2D eigenvalue weighted by molar-refractivity contribution is 8.76. The Morgan fingerprint density at radius 1 is 0.500 bits per heavy atom. The second kappa shape index (κ2) is 19.5. The van der Waals surface area contributed by atoms with E-state index in [9.17, 15) is 28.8 Å². The Labute approximate surface area is 327 Å². The molecule has 0 radical (unpaired) electrons. The van der Waals surface area contributed by atoms with E-state index in [4.69, 9.17) is 18.9 Å². The normalized spacial score (nSPS) is 13.2. The molecule has 2 aromatic carbocycles. The molecule has 0 aromatic heterocycles. The monoisotopic (exact) mass is 788 g/mol. The summed E-state index contributed by atoms with van der Waals surface area (Å²) in [5, 5.41) is 5.48. The number of carbonyl (C=O) groups is 6. The predicted octanol–water partition coefficient (Wildman–Crippen LogP) is 7.61. The van der Waals surface area contributed by atoms with Crippen molar-refractivity contribution in [2.45, 2.75) is 153 Å². The maximum atomic E-state index is 13.7. The van der Waals surface area contributed by atoms with Crippen LogP contribution in [-0.4, -0.2) is 70.2 Å². The lowest BCUT2D eigenvalue weighted by molar-refractivity contribution is -0.160. The van der Waals surface area contributed by atoms with Gasteiger partial charge in [-0.25, -0.2) is 9.59 Å². The van der Waals surface area contributed by atoms with E-state index in [1.807, 2.05) is 0 Å². The predicted molar refractivity (Wildman–Crippen MR) is 209 cm³/mol. The standard InChI is InChI=1S/C40H56N2O10S2/c1-37(2,3)49-31(43)23-21-27(35(47)51-39(7,8)9)41-33(45)25-17-13-15-19-29(25)53-54-30-20-16-14-18-26(30)34(46)42-28(36(48)52-40(10,11)12)22-24-32(44)50-38(4,5)6/h13-20,27-28H,21-24H2,1-12H3,(H,41,45)(H,42,46)/t27-,28+. The minimum absolute atomic E-state index is 0.0375. The summed E-state index contributed by atoms with van der Waals surface area (Å²) in [7, 11) is 2.43. The number of benzene rings is 2. The van der Waals surface area contributed by atoms with Gasteiger partial charge in [0.15, 0.2) is 0 Å². The Morgan fingerprint density at radius 2 is 0.796 bits per heavy atom. The average molecular weight is 789 g/mol. The van der Waals surface area contributed by atoms with Crippen molar-refractivity contribution in [1.29, 1.82) is 0 Å². The van der Waals surface area contributed by atoms with Gasteiger partial charge in [0.05, 0.1) is 11.1 Å². The van der Waals surface area contributed by atoms with Crippen molar-refractivity contribution in [3.8, 4) is 0 Å². The van der Waals surface area contributed by atoms with Crippen LogP contribution in [0.1, 0.15) is 129 Å². The summed E-state index contributed by atoms with van der Waals surface area (Å²) < 4.78 is 21.9. The Kier molecular flexibility index (Phi) is 16.7. The van der Waals surface area contributed by atoms with Gasteiger partial charge in [0.1, 0.15) is 34.5 Å². The van der Waals surface area contributed by atoms with Crippen molar-refractivity contribution in [1.82, 2.24) is 10.6 Å². The summed E-state index contributed by atoms with van der Waals surface area (Å²) in [5.41, 5.74) is -2.57. The van der Waals surface area contributed by atoms with Crippen LogP contribution in [0.25, 0.3) is 0 Å². The molecule has 2 rings (SSSR count). The molecule has 2 amide bonds. The van der Waals surface area contributed by atoms with Crippen molar-refractivity contribution in [3.63, 3.8) is 0 Å². The quantitative estimate of drug-likeness (QED) is 0.103. The number of amides is 2. The molecule has 12 nitrogen and oxygen atoms in total. The molecule has 0 spiro atoms. The van der Waals surface area contributed by atoms with Gasteiger partial charge >= 0.3 is 23.9 Å². The lowest BCUT2D eigenvalue weighted by atomic mass is 10.1. The molecule has 14 heteroatoms. The third kappa shape index (κ3) is 17.9. The van der Waals surface area contributed by atoms with Gasteiger partial charge in [-0.15, -0.1) is 0 Å². The summed E-state index contributed by atoms with van der Waals surface area (Å²) in [6, 6.07) is 11.3. The number of hydrogen-bond acceptors (Lipinski definition) is 12. The highest BCUT2D eigenvalue weighted by Gasteiger charge is 2.31. The fraction of sp³-hybridized carbons (Fsp3) is 0.550. The molecule has 0 bridgehead atoms. The fourth-order valence-electron chi connectivity index (χ4n) is 4.57. The molecule has 0 saturated carbocycles. The van der Waals surface area contributed by atoms with Crippen molar-refractivity contribution < 1.29 is 47.7 Å². The van der Waals surface area contributed by atoms with Crippen LogP contribution in [0.4, 0.5) is 0 Å². The van der Waals surface area contributed by atoms with Crippen LogP contribution in [0.15, 0.2) is 58.3 Å². The van der Waals surface area contributed by atoms with E-state index in [1.54, 1.807) is 132 Å².